The molecule has 0 bridgehead atoms. The number of nitrogens with one attached hydrogen (secondary N) is 1. The number of fused-ring (bicyclic) bond motifs is 1. The van der Waals surface area contributed by atoms with E-state index in [1.54, 1.807) is 7.11 Å². The Hall–Kier alpha value is -1.58. The molecule has 1 unspecified atom stereocenters. The van der Waals surface area contributed by atoms with E-state index in [0.29, 0.717) is 11.8 Å². The van der Waals surface area contributed by atoms with Crippen LogP contribution in [0.1, 0.15) is 26.1 Å². The fraction of sp³-hybridized carbons (Fsp3) is 0.500. The zero-order valence-electron chi connectivity index (χ0n) is 9.95. The maximum Gasteiger partial charge on any atom is 0.215 e. The SMILES string of the molecule is CCC(C)Cc1nc2nc(OC)ccc2[nH]1. The molecule has 0 fully saturated rings. The first kappa shape index (κ1) is 10.9. The van der Waals surface area contributed by atoms with Crippen LogP contribution in [0.4, 0.5) is 0 Å². The van der Waals surface area contributed by atoms with Gasteiger partial charge in [-0.2, -0.15) is 4.98 Å². The van der Waals surface area contributed by atoms with Gasteiger partial charge in [-0.1, -0.05) is 20.3 Å². The molecule has 0 aromatic carbocycles. The van der Waals surface area contributed by atoms with Crippen LogP contribution < -0.4 is 4.74 Å². The van der Waals surface area contributed by atoms with Gasteiger partial charge in [-0.05, 0) is 12.0 Å². The number of hydrogen-bond acceptors (Lipinski definition) is 3. The number of hydrogen-bond donors (Lipinski definition) is 1. The Labute approximate surface area is 95.1 Å². The maximum atomic E-state index is 5.07. The first-order valence-corrected chi connectivity index (χ1v) is 5.62. The van der Waals surface area contributed by atoms with Crippen molar-refractivity contribution < 1.29 is 4.74 Å². The highest BCUT2D eigenvalue weighted by atomic mass is 16.5. The number of aromatic nitrogens is 3. The lowest BCUT2D eigenvalue weighted by molar-refractivity contribution is 0.399. The summed E-state index contributed by atoms with van der Waals surface area (Å²) in [6.45, 7) is 4.41. The van der Waals surface area contributed by atoms with Crippen LogP contribution in [0.5, 0.6) is 5.88 Å². The molecule has 0 aliphatic heterocycles. The highest BCUT2D eigenvalue weighted by molar-refractivity contribution is 5.71. The lowest BCUT2D eigenvalue weighted by Gasteiger charge is -2.03. The van der Waals surface area contributed by atoms with Crippen molar-refractivity contribution in [1.29, 1.82) is 0 Å². The summed E-state index contributed by atoms with van der Waals surface area (Å²) in [5, 5.41) is 0. The molecule has 0 amide bonds. The van der Waals surface area contributed by atoms with Crippen LogP contribution in [0.25, 0.3) is 11.2 Å². The third kappa shape index (κ3) is 2.15. The molecular formula is C12H17N3O. The molecule has 2 heterocycles. The second kappa shape index (κ2) is 4.51. The Bertz CT molecular complexity index is 478. The minimum atomic E-state index is 0.606. The van der Waals surface area contributed by atoms with Gasteiger partial charge in [0, 0.05) is 12.5 Å². The van der Waals surface area contributed by atoms with Crippen LogP contribution in [0.3, 0.4) is 0 Å². The van der Waals surface area contributed by atoms with Crippen molar-refractivity contribution in [2.45, 2.75) is 26.7 Å². The number of pyridine rings is 1. The van der Waals surface area contributed by atoms with Crippen LogP contribution in [0, 0.1) is 5.92 Å². The van der Waals surface area contributed by atoms with E-state index in [-0.39, 0.29) is 0 Å². The average Bonchev–Trinajstić information content (AvgIpc) is 2.69. The van der Waals surface area contributed by atoms with Gasteiger partial charge in [-0.25, -0.2) is 4.98 Å². The van der Waals surface area contributed by atoms with Crippen molar-refractivity contribution in [3.63, 3.8) is 0 Å². The fourth-order valence-electron chi connectivity index (χ4n) is 1.61. The predicted octanol–water partition coefficient (Wildman–Crippen LogP) is 2.56. The van der Waals surface area contributed by atoms with E-state index in [4.69, 9.17) is 4.74 Å². The van der Waals surface area contributed by atoms with Crippen LogP contribution in [0.2, 0.25) is 0 Å². The third-order valence-corrected chi connectivity index (χ3v) is 2.82. The van der Waals surface area contributed by atoms with E-state index in [9.17, 15) is 0 Å². The van der Waals surface area contributed by atoms with Gasteiger partial charge in [0.1, 0.15) is 5.82 Å². The second-order valence-electron chi connectivity index (χ2n) is 4.13. The monoisotopic (exact) mass is 219 g/mol. The molecule has 0 saturated carbocycles. The number of methoxy groups -OCH3 is 1. The van der Waals surface area contributed by atoms with Crippen molar-refractivity contribution in [1.82, 2.24) is 15.0 Å². The van der Waals surface area contributed by atoms with Crippen molar-refractivity contribution in [3.05, 3.63) is 18.0 Å². The van der Waals surface area contributed by atoms with Crippen molar-refractivity contribution in [2.24, 2.45) is 5.92 Å². The summed E-state index contributed by atoms with van der Waals surface area (Å²) >= 11 is 0. The normalized spacial score (nSPS) is 12.9. The summed E-state index contributed by atoms with van der Waals surface area (Å²) in [7, 11) is 1.61. The Balaban J connectivity index is 2.29. The number of rotatable bonds is 4. The van der Waals surface area contributed by atoms with Gasteiger partial charge in [-0.15, -0.1) is 0 Å². The number of ether oxygens (including phenoxy) is 1. The van der Waals surface area contributed by atoms with Gasteiger partial charge in [0.05, 0.1) is 12.6 Å². The lowest BCUT2D eigenvalue weighted by atomic mass is 10.1. The zero-order valence-corrected chi connectivity index (χ0v) is 9.95. The molecule has 0 radical (unpaired) electrons. The van der Waals surface area contributed by atoms with Gasteiger partial charge in [0.15, 0.2) is 5.65 Å². The lowest BCUT2D eigenvalue weighted by Crippen LogP contribution is -1.99. The summed E-state index contributed by atoms with van der Waals surface area (Å²) in [6.07, 6.45) is 2.13. The molecule has 0 spiro atoms. The van der Waals surface area contributed by atoms with E-state index in [1.165, 1.54) is 0 Å². The summed E-state index contributed by atoms with van der Waals surface area (Å²) in [4.78, 5) is 12.0. The molecule has 2 rings (SSSR count). The molecule has 4 nitrogen and oxygen atoms in total. The Morgan fingerprint density at radius 1 is 1.38 bits per heavy atom. The molecule has 1 N–H and O–H groups in total. The van der Waals surface area contributed by atoms with Crippen LogP contribution in [-0.2, 0) is 6.42 Å². The van der Waals surface area contributed by atoms with E-state index >= 15 is 0 Å². The first-order valence-electron chi connectivity index (χ1n) is 5.62. The van der Waals surface area contributed by atoms with E-state index in [2.05, 4.69) is 28.8 Å². The van der Waals surface area contributed by atoms with E-state index < -0.39 is 0 Å². The number of aromatic amines is 1. The molecule has 0 aliphatic carbocycles. The molecule has 86 valence electrons. The van der Waals surface area contributed by atoms with Gasteiger partial charge in [0.25, 0.3) is 0 Å². The molecular weight excluding hydrogens is 202 g/mol. The summed E-state index contributed by atoms with van der Waals surface area (Å²) in [5.41, 5.74) is 1.71. The van der Waals surface area contributed by atoms with E-state index in [0.717, 1.165) is 29.8 Å². The maximum absolute atomic E-state index is 5.07. The quantitative estimate of drug-likeness (QED) is 0.859. The molecule has 4 heteroatoms. The van der Waals surface area contributed by atoms with Gasteiger partial charge >= 0.3 is 0 Å². The first-order chi connectivity index (χ1) is 7.72. The molecule has 0 saturated heterocycles. The van der Waals surface area contributed by atoms with Crippen LogP contribution in [-0.4, -0.2) is 22.1 Å². The molecule has 2 aromatic heterocycles. The summed E-state index contributed by atoms with van der Waals surface area (Å²) in [5.74, 6) is 2.25. The highest BCUT2D eigenvalue weighted by Crippen LogP contribution is 2.16. The largest absolute Gasteiger partial charge is 0.481 e. The fourth-order valence-corrected chi connectivity index (χ4v) is 1.61. The topological polar surface area (TPSA) is 50.8 Å². The molecule has 0 aliphatic rings. The minimum absolute atomic E-state index is 0.606. The zero-order chi connectivity index (χ0) is 11.5. The molecule has 16 heavy (non-hydrogen) atoms. The smallest absolute Gasteiger partial charge is 0.215 e. The van der Waals surface area contributed by atoms with Gasteiger partial charge in [-0.3, -0.25) is 0 Å². The number of nitrogens with zero attached hydrogens (tertiary/aromatic N) is 2. The van der Waals surface area contributed by atoms with Gasteiger partial charge in [0.2, 0.25) is 5.88 Å². The van der Waals surface area contributed by atoms with Crippen molar-refractivity contribution in [2.75, 3.05) is 7.11 Å². The minimum Gasteiger partial charge on any atom is -0.481 e. The number of imidazole rings is 1. The Morgan fingerprint density at radius 3 is 2.88 bits per heavy atom. The Kier molecular flexibility index (Phi) is 3.08. The Morgan fingerprint density at radius 2 is 2.19 bits per heavy atom. The average molecular weight is 219 g/mol. The van der Waals surface area contributed by atoms with Crippen LogP contribution >= 0.6 is 0 Å². The second-order valence-corrected chi connectivity index (χ2v) is 4.13. The highest BCUT2D eigenvalue weighted by Gasteiger charge is 2.08. The summed E-state index contributed by atoms with van der Waals surface area (Å²) < 4.78 is 5.07. The molecule has 1 atom stereocenters. The standard InChI is InChI=1S/C12H17N3O/c1-4-8(2)7-10-13-9-5-6-11(16-3)15-12(9)14-10/h5-6,8H,4,7H2,1-3H3,(H,13,14,15). The molecule has 2 aromatic rings. The van der Waals surface area contributed by atoms with Gasteiger partial charge < -0.3 is 9.72 Å². The van der Waals surface area contributed by atoms with Crippen molar-refractivity contribution >= 4 is 11.2 Å². The summed E-state index contributed by atoms with van der Waals surface area (Å²) in [6, 6.07) is 3.79. The third-order valence-electron chi connectivity index (χ3n) is 2.82. The van der Waals surface area contributed by atoms with E-state index in [1.807, 2.05) is 12.1 Å². The number of H-pyrrole nitrogens is 1. The van der Waals surface area contributed by atoms with Crippen molar-refractivity contribution in [3.8, 4) is 5.88 Å². The predicted molar refractivity (Wildman–Crippen MR) is 63.6 cm³/mol. The van der Waals surface area contributed by atoms with Crippen LogP contribution in [0.15, 0.2) is 12.1 Å².